The van der Waals surface area contributed by atoms with E-state index >= 15 is 0 Å². The maximum absolute atomic E-state index is 13.2. The summed E-state index contributed by atoms with van der Waals surface area (Å²) in [5.41, 5.74) is 4.07. The van der Waals surface area contributed by atoms with E-state index in [9.17, 15) is 14.0 Å². The normalized spacial score (nSPS) is 16.9. The van der Waals surface area contributed by atoms with Crippen LogP contribution in [0.2, 0.25) is 0 Å². The van der Waals surface area contributed by atoms with Crippen molar-refractivity contribution >= 4 is 17.5 Å². The number of carbonyl (C=O) groups is 2. The highest BCUT2D eigenvalue weighted by molar-refractivity contribution is 5.96. The molecule has 1 aliphatic heterocycles. The first-order chi connectivity index (χ1) is 12.8. The zero-order valence-electron chi connectivity index (χ0n) is 16.0. The van der Waals surface area contributed by atoms with Crippen molar-refractivity contribution in [2.75, 3.05) is 18.4 Å². The number of benzene rings is 2. The van der Waals surface area contributed by atoms with E-state index in [-0.39, 0.29) is 23.5 Å². The summed E-state index contributed by atoms with van der Waals surface area (Å²) in [6.07, 6.45) is 1.53. The molecule has 5 heteroatoms. The molecular formula is C22H25FN2O2. The second kappa shape index (κ2) is 7.91. The number of rotatable bonds is 3. The minimum Gasteiger partial charge on any atom is -0.338 e. The number of nitrogens with one attached hydrogen (secondary N) is 1. The van der Waals surface area contributed by atoms with Crippen molar-refractivity contribution in [2.45, 2.75) is 33.6 Å². The Balaban J connectivity index is 1.69. The fraction of sp³-hybridized carbons (Fsp3) is 0.364. The minimum absolute atomic E-state index is 0.0303. The summed E-state index contributed by atoms with van der Waals surface area (Å²) in [6.45, 7) is 6.76. The van der Waals surface area contributed by atoms with Crippen molar-refractivity contribution in [1.82, 2.24) is 4.90 Å². The largest absolute Gasteiger partial charge is 0.338 e. The lowest BCUT2D eigenvalue weighted by Crippen LogP contribution is -2.43. The number of likely N-dealkylation sites (tertiary alicyclic amines) is 1. The number of piperidine rings is 1. The van der Waals surface area contributed by atoms with Gasteiger partial charge in [-0.2, -0.15) is 0 Å². The number of aryl methyl sites for hydroxylation is 3. The summed E-state index contributed by atoms with van der Waals surface area (Å²) < 4.78 is 13.2. The molecule has 142 valence electrons. The molecule has 1 N–H and O–H groups in total. The number of halogens is 1. The molecule has 0 spiro atoms. The van der Waals surface area contributed by atoms with Gasteiger partial charge in [0, 0.05) is 24.3 Å². The SMILES string of the molecule is Cc1cc(C)cc(C(=O)N2CCC[C@@H](C(=O)Nc3ccc(F)cc3C)C2)c1. The molecule has 3 rings (SSSR count). The molecule has 2 aromatic carbocycles. The first kappa shape index (κ1) is 19.1. The van der Waals surface area contributed by atoms with E-state index < -0.39 is 0 Å². The average Bonchev–Trinajstić information content (AvgIpc) is 2.62. The Morgan fingerprint density at radius 2 is 1.78 bits per heavy atom. The summed E-state index contributed by atoms with van der Waals surface area (Å²) in [5, 5.41) is 2.88. The highest BCUT2D eigenvalue weighted by Gasteiger charge is 2.29. The van der Waals surface area contributed by atoms with Crippen molar-refractivity contribution < 1.29 is 14.0 Å². The van der Waals surface area contributed by atoms with E-state index in [4.69, 9.17) is 0 Å². The van der Waals surface area contributed by atoms with Gasteiger partial charge in [-0.05, 0) is 69.5 Å². The summed E-state index contributed by atoms with van der Waals surface area (Å²) in [7, 11) is 0. The van der Waals surface area contributed by atoms with Crippen LogP contribution < -0.4 is 5.32 Å². The van der Waals surface area contributed by atoms with Gasteiger partial charge in [-0.25, -0.2) is 4.39 Å². The molecule has 0 bridgehead atoms. The first-order valence-corrected chi connectivity index (χ1v) is 9.28. The molecule has 1 aliphatic rings. The van der Waals surface area contributed by atoms with Gasteiger partial charge in [0.05, 0.1) is 5.92 Å². The molecule has 1 saturated heterocycles. The topological polar surface area (TPSA) is 49.4 Å². The van der Waals surface area contributed by atoms with Crippen LogP contribution in [0.25, 0.3) is 0 Å². The van der Waals surface area contributed by atoms with Crippen LogP contribution in [0.3, 0.4) is 0 Å². The van der Waals surface area contributed by atoms with E-state index in [0.717, 1.165) is 24.0 Å². The van der Waals surface area contributed by atoms with Gasteiger partial charge < -0.3 is 10.2 Å². The van der Waals surface area contributed by atoms with E-state index in [0.29, 0.717) is 29.9 Å². The lowest BCUT2D eigenvalue weighted by Gasteiger charge is -2.32. The maximum Gasteiger partial charge on any atom is 0.253 e. The Labute approximate surface area is 159 Å². The molecule has 1 fully saturated rings. The van der Waals surface area contributed by atoms with Crippen LogP contribution in [0.4, 0.5) is 10.1 Å². The van der Waals surface area contributed by atoms with Gasteiger partial charge in [-0.15, -0.1) is 0 Å². The van der Waals surface area contributed by atoms with E-state index in [2.05, 4.69) is 5.32 Å². The smallest absolute Gasteiger partial charge is 0.253 e. The Hall–Kier alpha value is -2.69. The van der Waals surface area contributed by atoms with Crippen molar-refractivity contribution in [2.24, 2.45) is 5.92 Å². The second-order valence-corrected chi connectivity index (χ2v) is 7.42. The van der Waals surface area contributed by atoms with Gasteiger partial charge in [-0.1, -0.05) is 17.2 Å². The fourth-order valence-corrected chi connectivity index (χ4v) is 3.66. The summed E-state index contributed by atoms with van der Waals surface area (Å²) in [4.78, 5) is 27.3. The monoisotopic (exact) mass is 368 g/mol. The number of anilines is 1. The van der Waals surface area contributed by atoms with Gasteiger partial charge >= 0.3 is 0 Å². The molecule has 27 heavy (non-hydrogen) atoms. The van der Waals surface area contributed by atoms with Crippen LogP contribution in [0.5, 0.6) is 0 Å². The Morgan fingerprint density at radius 3 is 2.44 bits per heavy atom. The fourth-order valence-electron chi connectivity index (χ4n) is 3.66. The highest BCUT2D eigenvalue weighted by Crippen LogP contribution is 2.23. The van der Waals surface area contributed by atoms with Gasteiger partial charge in [0.25, 0.3) is 5.91 Å². The van der Waals surface area contributed by atoms with Gasteiger partial charge in [0.15, 0.2) is 0 Å². The van der Waals surface area contributed by atoms with Crippen molar-refractivity contribution in [3.05, 3.63) is 64.5 Å². The molecule has 0 radical (unpaired) electrons. The number of hydrogen-bond acceptors (Lipinski definition) is 2. The molecular weight excluding hydrogens is 343 g/mol. The van der Waals surface area contributed by atoms with Crippen LogP contribution in [0.1, 0.15) is 39.9 Å². The third-order valence-corrected chi connectivity index (χ3v) is 4.99. The van der Waals surface area contributed by atoms with Crippen molar-refractivity contribution in [1.29, 1.82) is 0 Å². The molecule has 0 saturated carbocycles. The van der Waals surface area contributed by atoms with Crippen LogP contribution in [-0.2, 0) is 4.79 Å². The molecule has 1 heterocycles. The van der Waals surface area contributed by atoms with Gasteiger partial charge in [0.2, 0.25) is 5.91 Å². The van der Waals surface area contributed by atoms with Crippen molar-refractivity contribution in [3.8, 4) is 0 Å². The van der Waals surface area contributed by atoms with E-state index in [1.54, 1.807) is 17.9 Å². The number of nitrogens with zero attached hydrogens (tertiary/aromatic N) is 1. The van der Waals surface area contributed by atoms with Crippen LogP contribution in [0, 0.1) is 32.5 Å². The van der Waals surface area contributed by atoms with Gasteiger partial charge in [-0.3, -0.25) is 9.59 Å². The quantitative estimate of drug-likeness (QED) is 0.881. The van der Waals surface area contributed by atoms with Crippen LogP contribution in [0.15, 0.2) is 36.4 Å². The van der Waals surface area contributed by atoms with Crippen LogP contribution in [-0.4, -0.2) is 29.8 Å². The third kappa shape index (κ3) is 4.54. The summed E-state index contributed by atoms with van der Waals surface area (Å²) >= 11 is 0. The van der Waals surface area contributed by atoms with Crippen molar-refractivity contribution in [3.63, 3.8) is 0 Å². The second-order valence-electron chi connectivity index (χ2n) is 7.42. The predicted octanol–water partition coefficient (Wildman–Crippen LogP) is 4.24. The summed E-state index contributed by atoms with van der Waals surface area (Å²) in [5.74, 6) is -0.744. The Bertz CT molecular complexity index is 858. The highest BCUT2D eigenvalue weighted by atomic mass is 19.1. The lowest BCUT2D eigenvalue weighted by atomic mass is 9.95. The zero-order chi connectivity index (χ0) is 19.6. The standard InChI is InChI=1S/C22H25FN2O2/c1-14-9-15(2)11-18(10-14)22(27)25-8-4-5-17(13-25)21(26)24-20-7-6-19(23)12-16(20)3/h6-7,9-12,17H,4-5,8,13H2,1-3H3,(H,24,26)/t17-/m1/s1. The molecule has 2 aromatic rings. The maximum atomic E-state index is 13.2. The molecule has 0 aliphatic carbocycles. The number of amides is 2. The Kier molecular flexibility index (Phi) is 5.59. The lowest BCUT2D eigenvalue weighted by molar-refractivity contribution is -0.121. The van der Waals surface area contributed by atoms with Gasteiger partial charge in [0.1, 0.15) is 5.82 Å². The predicted molar refractivity (Wildman–Crippen MR) is 104 cm³/mol. The van der Waals surface area contributed by atoms with Crippen LogP contribution >= 0.6 is 0 Å². The number of hydrogen-bond donors (Lipinski definition) is 1. The Morgan fingerprint density at radius 1 is 1.07 bits per heavy atom. The molecule has 4 nitrogen and oxygen atoms in total. The zero-order valence-corrected chi connectivity index (χ0v) is 16.0. The minimum atomic E-state index is -0.326. The van der Waals surface area contributed by atoms with E-state index in [1.807, 2.05) is 32.0 Å². The first-order valence-electron chi connectivity index (χ1n) is 9.28. The number of carbonyl (C=O) groups excluding carboxylic acids is 2. The molecule has 0 aromatic heterocycles. The summed E-state index contributed by atoms with van der Waals surface area (Å²) in [6, 6.07) is 10.1. The molecule has 1 atom stereocenters. The molecule has 0 unspecified atom stereocenters. The third-order valence-electron chi connectivity index (χ3n) is 4.99. The van der Waals surface area contributed by atoms with E-state index in [1.165, 1.54) is 12.1 Å². The molecule has 2 amide bonds. The average molecular weight is 368 g/mol.